The third kappa shape index (κ3) is 9.91. The summed E-state index contributed by atoms with van der Waals surface area (Å²) in [6.07, 6.45) is -0.319. The first-order valence-electron chi connectivity index (χ1n) is 16.0. The molecule has 4 aromatic carbocycles. The molecule has 7 nitrogen and oxygen atoms in total. The second kappa shape index (κ2) is 16.3. The predicted octanol–water partition coefficient (Wildman–Crippen LogP) is 9.48. The van der Waals surface area contributed by atoms with Gasteiger partial charge in [0.1, 0.15) is 19.0 Å². The smallest absolute Gasteiger partial charge is 0.407 e. The number of benzene rings is 4. The average molecular weight is 692 g/mol. The number of nitrogens with one attached hydrogen (secondary N) is 1. The molecule has 0 radical (unpaired) electrons. The van der Waals surface area contributed by atoms with Gasteiger partial charge < -0.3 is 24.8 Å². The minimum absolute atomic E-state index is 0.0801. The molecule has 0 aromatic heterocycles. The average Bonchev–Trinajstić information content (AvgIpc) is 3.01. The normalized spacial score (nSPS) is 11.9. The van der Waals surface area contributed by atoms with Gasteiger partial charge in [0, 0.05) is 31.5 Å². The number of carbonyl (C=O) groups excluding carboxylic acids is 1. The number of hydrogen-bond acceptors (Lipinski definition) is 4. The summed E-state index contributed by atoms with van der Waals surface area (Å²) in [6.45, 7) is 12.6. The van der Waals surface area contributed by atoms with Crippen LogP contribution in [0.25, 0.3) is 11.1 Å². The SMILES string of the molecule is CC(=O)NCc1ccccc1-c1ccc(C(Cc2ccc(OCCOc3c(Cl)cc(C)cc3Cl)cc2)CN(C(=O)O)C(C)(C)C)c(C)c1. The maximum Gasteiger partial charge on any atom is 0.407 e. The largest absolute Gasteiger partial charge is 0.490 e. The summed E-state index contributed by atoms with van der Waals surface area (Å²) in [7, 11) is 0. The Morgan fingerprint density at radius 3 is 2.15 bits per heavy atom. The van der Waals surface area contributed by atoms with Crippen molar-refractivity contribution in [2.45, 2.75) is 66.0 Å². The van der Waals surface area contributed by atoms with E-state index in [0.29, 0.717) is 47.7 Å². The maximum absolute atomic E-state index is 12.4. The van der Waals surface area contributed by atoms with Crippen molar-refractivity contribution in [3.63, 3.8) is 0 Å². The van der Waals surface area contributed by atoms with E-state index < -0.39 is 11.6 Å². The molecule has 4 aromatic rings. The molecule has 2 amide bonds. The van der Waals surface area contributed by atoms with Gasteiger partial charge in [-0.25, -0.2) is 4.79 Å². The molecular formula is C39H44Cl2N2O5. The van der Waals surface area contributed by atoms with Crippen LogP contribution in [0.4, 0.5) is 4.79 Å². The summed E-state index contributed by atoms with van der Waals surface area (Å²) < 4.78 is 11.7. The molecule has 48 heavy (non-hydrogen) atoms. The van der Waals surface area contributed by atoms with E-state index in [2.05, 4.69) is 36.5 Å². The molecule has 1 atom stereocenters. The van der Waals surface area contributed by atoms with Gasteiger partial charge in [0.05, 0.1) is 10.0 Å². The van der Waals surface area contributed by atoms with E-state index in [4.69, 9.17) is 32.7 Å². The highest BCUT2D eigenvalue weighted by molar-refractivity contribution is 6.37. The molecule has 0 saturated heterocycles. The molecule has 0 bridgehead atoms. The minimum Gasteiger partial charge on any atom is -0.490 e. The molecule has 1 unspecified atom stereocenters. The first-order chi connectivity index (χ1) is 22.7. The number of amides is 2. The molecule has 0 fully saturated rings. The van der Waals surface area contributed by atoms with Gasteiger partial charge in [-0.15, -0.1) is 0 Å². The van der Waals surface area contributed by atoms with E-state index in [1.165, 1.54) is 11.8 Å². The number of carbonyl (C=O) groups is 2. The molecule has 4 rings (SSSR count). The lowest BCUT2D eigenvalue weighted by atomic mass is 9.86. The van der Waals surface area contributed by atoms with Gasteiger partial charge in [0.25, 0.3) is 0 Å². The van der Waals surface area contributed by atoms with Crippen molar-refractivity contribution in [3.05, 3.63) is 117 Å². The van der Waals surface area contributed by atoms with E-state index in [1.54, 1.807) is 12.1 Å². The van der Waals surface area contributed by atoms with Crippen molar-refractivity contribution < 1.29 is 24.2 Å². The summed E-state index contributed by atoms with van der Waals surface area (Å²) in [5.41, 5.74) is 6.71. The fraction of sp³-hybridized carbons (Fsp3) is 0.333. The summed E-state index contributed by atoms with van der Waals surface area (Å²) in [4.78, 5) is 25.5. The third-order valence-corrected chi connectivity index (χ3v) is 8.72. The Kier molecular flexibility index (Phi) is 12.4. The van der Waals surface area contributed by atoms with E-state index in [-0.39, 0.29) is 18.4 Å². The van der Waals surface area contributed by atoms with Crippen LogP contribution >= 0.6 is 23.2 Å². The van der Waals surface area contributed by atoms with Crippen LogP contribution in [-0.4, -0.2) is 47.3 Å². The van der Waals surface area contributed by atoms with E-state index in [1.807, 2.05) is 70.2 Å². The molecule has 0 aliphatic rings. The lowest BCUT2D eigenvalue weighted by Crippen LogP contribution is -2.47. The van der Waals surface area contributed by atoms with Gasteiger partial charge >= 0.3 is 6.09 Å². The monoisotopic (exact) mass is 690 g/mol. The molecular weight excluding hydrogens is 647 g/mol. The molecule has 0 aliphatic heterocycles. The van der Waals surface area contributed by atoms with Crippen LogP contribution < -0.4 is 14.8 Å². The quantitative estimate of drug-likeness (QED) is 0.136. The van der Waals surface area contributed by atoms with Gasteiger partial charge in [-0.2, -0.15) is 0 Å². The summed E-state index contributed by atoms with van der Waals surface area (Å²) in [5, 5.41) is 14.0. The molecule has 0 saturated carbocycles. The Labute approximate surface area is 293 Å². The Morgan fingerprint density at radius 1 is 0.896 bits per heavy atom. The van der Waals surface area contributed by atoms with E-state index >= 15 is 0 Å². The lowest BCUT2D eigenvalue weighted by molar-refractivity contribution is -0.119. The molecule has 0 spiro atoms. The second-order valence-corrected chi connectivity index (χ2v) is 13.8. The number of halogens is 2. The van der Waals surface area contributed by atoms with Crippen LogP contribution in [0.1, 0.15) is 61.4 Å². The number of ether oxygens (including phenoxy) is 2. The Morgan fingerprint density at radius 2 is 1.54 bits per heavy atom. The summed E-state index contributed by atoms with van der Waals surface area (Å²) in [5.74, 6) is 0.953. The topological polar surface area (TPSA) is 88.1 Å². The standard InChI is InChI=1S/C39H44Cl2N2O5/c1-25-19-35(40)37(36(41)20-25)48-18-17-47-32-14-11-28(12-15-32)22-31(24-43(38(45)46)39(4,5)6)33-16-13-29(21-26(33)2)34-10-8-7-9-30(34)23-42-27(3)44/h7-16,19-21,31H,17-18,22-24H2,1-6H3,(H,42,44)(H,45,46). The number of hydrogen-bond donors (Lipinski definition) is 2. The lowest BCUT2D eigenvalue weighted by Gasteiger charge is -2.36. The van der Waals surface area contributed by atoms with E-state index in [0.717, 1.165) is 38.9 Å². The second-order valence-electron chi connectivity index (χ2n) is 13.0. The molecule has 254 valence electrons. The van der Waals surface area contributed by atoms with Crippen molar-refractivity contribution in [1.82, 2.24) is 10.2 Å². The van der Waals surface area contributed by atoms with Crippen LogP contribution in [0.3, 0.4) is 0 Å². The number of carboxylic acid groups (broad SMARTS) is 1. The number of nitrogens with zero attached hydrogens (tertiary/aromatic N) is 1. The Balaban J connectivity index is 1.52. The molecule has 2 N–H and O–H groups in total. The van der Waals surface area contributed by atoms with Crippen molar-refractivity contribution in [2.24, 2.45) is 0 Å². The van der Waals surface area contributed by atoms with Crippen LogP contribution in [-0.2, 0) is 17.8 Å². The van der Waals surface area contributed by atoms with Crippen molar-refractivity contribution >= 4 is 35.2 Å². The van der Waals surface area contributed by atoms with Crippen LogP contribution in [0, 0.1) is 13.8 Å². The highest BCUT2D eigenvalue weighted by Gasteiger charge is 2.30. The fourth-order valence-corrected chi connectivity index (χ4v) is 6.45. The minimum atomic E-state index is -0.951. The first kappa shape index (κ1) is 36.6. The summed E-state index contributed by atoms with van der Waals surface area (Å²) in [6, 6.07) is 25.8. The van der Waals surface area contributed by atoms with Gasteiger partial charge in [-0.1, -0.05) is 77.8 Å². The Bertz CT molecular complexity index is 1710. The van der Waals surface area contributed by atoms with Gasteiger partial charge in [-0.05, 0) is 104 Å². The highest BCUT2D eigenvalue weighted by Crippen LogP contribution is 2.35. The summed E-state index contributed by atoms with van der Waals surface area (Å²) >= 11 is 12.6. The van der Waals surface area contributed by atoms with Crippen LogP contribution in [0.15, 0.2) is 78.9 Å². The maximum atomic E-state index is 12.4. The fourth-order valence-electron chi connectivity index (χ4n) is 5.74. The van der Waals surface area contributed by atoms with Crippen molar-refractivity contribution in [3.8, 4) is 22.6 Å². The third-order valence-electron chi connectivity index (χ3n) is 8.16. The predicted molar refractivity (Wildman–Crippen MR) is 194 cm³/mol. The highest BCUT2D eigenvalue weighted by atomic mass is 35.5. The zero-order valence-electron chi connectivity index (χ0n) is 28.4. The van der Waals surface area contributed by atoms with Gasteiger partial charge in [0.2, 0.25) is 5.91 Å². The van der Waals surface area contributed by atoms with Crippen LogP contribution in [0.2, 0.25) is 10.0 Å². The Hall–Kier alpha value is -4.20. The van der Waals surface area contributed by atoms with Gasteiger partial charge in [0.15, 0.2) is 5.75 Å². The number of aryl methyl sites for hydroxylation is 2. The van der Waals surface area contributed by atoms with Crippen molar-refractivity contribution in [1.29, 1.82) is 0 Å². The van der Waals surface area contributed by atoms with Gasteiger partial charge in [-0.3, -0.25) is 4.79 Å². The zero-order valence-corrected chi connectivity index (χ0v) is 29.9. The van der Waals surface area contributed by atoms with Crippen molar-refractivity contribution in [2.75, 3.05) is 19.8 Å². The molecule has 0 heterocycles. The molecule has 0 aliphatic carbocycles. The van der Waals surface area contributed by atoms with E-state index in [9.17, 15) is 14.7 Å². The van der Waals surface area contributed by atoms with Crippen LogP contribution in [0.5, 0.6) is 11.5 Å². The number of rotatable bonds is 13. The zero-order chi connectivity index (χ0) is 35.0. The first-order valence-corrected chi connectivity index (χ1v) is 16.7. The molecule has 9 heteroatoms.